The molecule has 17 heavy (non-hydrogen) atoms. The van der Waals surface area contributed by atoms with Gasteiger partial charge in [-0.15, -0.1) is 0 Å². The summed E-state index contributed by atoms with van der Waals surface area (Å²) in [6, 6.07) is 11.6. The Bertz CT molecular complexity index is 502. The van der Waals surface area contributed by atoms with Gasteiger partial charge < -0.3 is 10.5 Å². The zero-order valence-corrected chi connectivity index (χ0v) is 10.9. The van der Waals surface area contributed by atoms with Crippen molar-refractivity contribution in [2.75, 3.05) is 5.73 Å². The van der Waals surface area contributed by atoms with E-state index in [1.54, 1.807) is 12.3 Å². The molecule has 0 aliphatic carbocycles. The number of rotatable bonds is 4. The van der Waals surface area contributed by atoms with Crippen LogP contribution >= 0.6 is 15.9 Å². The predicted molar refractivity (Wildman–Crippen MR) is 71.3 cm³/mol. The molecular weight excluding hydrogens is 280 g/mol. The highest BCUT2D eigenvalue weighted by atomic mass is 79.9. The normalized spacial score (nSPS) is 10.4. The predicted octanol–water partition coefficient (Wildman–Crippen LogP) is 3.14. The molecule has 2 N–H and O–H groups in total. The molecule has 88 valence electrons. The second-order valence-corrected chi connectivity index (χ2v) is 4.52. The van der Waals surface area contributed by atoms with Gasteiger partial charge in [0.25, 0.3) is 0 Å². The molecule has 0 saturated carbocycles. The van der Waals surface area contributed by atoms with E-state index in [0.717, 1.165) is 15.7 Å². The molecule has 0 unspecified atom stereocenters. The Morgan fingerprint density at radius 1 is 1.18 bits per heavy atom. The van der Waals surface area contributed by atoms with Crippen LogP contribution in [0.2, 0.25) is 0 Å². The van der Waals surface area contributed by atoms with E-state index < -0.39 is 0 Å². The molecule has 0 fully saturated rings. The maximum absolute atomic E-state index is 5.66. The summed E-state index contributed by atoms with van der Waals surface area (Å²) < 4.78 is 6.65. The molecule has 4 heteroatoms. The highest BCUT2D eigenvalue weighted by Gasteiger charge is 2.00. The molecule has 1 heterocycles. The summed E-state index contributed by atoms with van der Waals surface area (Å²) in [7, 11) is 0. The lowest BCUT2D eigenvalue weighted by atomic mass is 10.2. The van der Waals surface area contributed by atoms with Crippen LogP contribution in [0.5, 0.6) is 0 Å². The molecule has 0 spiro atoms. The minimum atomic E-state index is 0.465. The Morgan fingerprint density at radius 2 is 2.00 bits per heavy atom. The van der Waals surface area contributed by atoms with Gasteiger partial charge in [-0.05, 0) is 23.8 Å². The van der Waals surface area contributed by atoms with Crippen molar-refractivity contribution >= 4 is 21.6 Å². The van der Waals surface area contributed by atoms with E-state index in [-0.39, 0.29) is 0 Å². The van der Waals surface area contributed by atoms with Gasteiger partial charge in [-0.1, -0.05) is 34.1 Å². The van der Waals surface area contributed by atoms with Gasteiger partial charge in [0.2, 0.25) is 0 Å². The molecule has 1 aromatic carbocycles. The summed E-state index contributed by atoms with van der Waals surface area (Å²) in [5.41, 5.74) is 8.34. The molecular formula is C13H13BrN2O. The van der Waals surface area contributed by atoms with Crippen LogP contribution in [0, 0.1) is 0 Å². The Balaban J connectivity index is 1.90. The van der Waals surface area contributed by atoms with Gasteiger partial charge in [0, 0.05) is 16.4 Å². The highest BCUT2D eigenvalue weighted by Crippen LogP contribution is 2.17. The Kier molecular flexibility index (Phi) is 4.12. The Morgan fingerprint density at radius 3 is 2.76 bits per heavy atom. The number of hydrogen-bond acceptors (Lipinski definition) is 3. The molecule has 0 amide bonds. The van der Waals surface area contributed by atoms with Crippen LogP contribution in [0.15, 0.2) is 47.1 Å². The highest BCUT2D eigenvalue weighted by molar-refractivity contribution is 9.10. The quantitative estimate of drug-likeness (QED) is 0.942. The Labute approximate surface area is 109 Å². The van der Waals surface area contributed by atoms with Crippen LogP contribution in [0.1, 0.15) is 11.3 Å². The molecule has 0 aliphatic heterocycles. The van der Waals surface area contributed by atoms with E-state index in [4.69, 9.17) is 10.5 Å². The number of benzene rings is 1. The largest absolute Gasteiger partial charge is 0.399 e. The second-order valence-electron chi connectivity index (χ2n) is 3.66. The van der Waals surface area contributed by atoms with Gasteiger partial charge in [-0.25, -0.2) is 0 Å². The number of nitrogens with two attached hydrogens (primary N) is 1. The van der Waals surface area contributed by atoms with Crippen molar-refractivity contribution in [2.24, 2.45) is 0 Å². The number of anilines is 1. The summed E-state index contributed by atoms with van der Waals surface area (Å²) in [6.45, 7) is 1.02. The van der Waals surface area contributed by atoms with E-state index in [1.165, 1.54) is 0 Å². The van der Waals surface area contributed by atoms with Crippen molar-refractivity contribution in [1.82, 2.24) is 4.98 Å². The summed E-state index contributed by atoms with van der Waals surface area (Å²) in [5, 5.41) is 0. The molecule has 2 aromatic rings. The van der Waals surface area contributed by atoms with E-state index in [2.05, 4.69) is 20.9 Å². The van der Waals surface area contributed by atoms with Crippen LogP contribution in [-0.4, -0.2) is 4.98 Å². The van der Waals surface area contributed by atoms with Crippen molar-refractivity contribution < 1.29 is 4.74 Å². The zero-order valence-electron chi connectivity index (χ0n) is 9.27. The monoisotopic (exact) mass is 292 g/mol. The number of pyridine rings is 1. The molecule has 2 rings (SSSR count). The number of nitrogen functional groups attached to an aromatic ring is 1. The van der Waals surface area contributed by atoms with Crippen LogP contribution in [0.25, 0.3) is 0 Å². The molecule has 0 radical (unpaired) electrons. The lowest BCUT2D eigenvalue weighted by Gasteiger charge is -2.06. The molecule has 0 saturated heterocycles. The van der Waals surface area contributed by atoms with Crippen LogP contribution < -0.4 is 5.73 Å². The smallest absolute Gasteiger partial charge is 0.0893 e. The SMILES string of the molecule is Nc1ccnc(COCc2ccccc2Br)c1. The van der Waals surface area contributed by atoms with E-state index >= 15 is 0 Å². The number of halogens is 1. The fourth-order valence-corrected chi connectivity index (χ4v) is 1.86. The summed E-state index contributed by atoms with van der Waals surface area (Å²) >= 11 is 3.48. The summed E-state index contributed by atoms with van der Waals surface area (Å²) in [4.78, 5) is 4.18. The first-order valence-corrected chi connectivity index (χ1v) is 6.06. The number of hydrogen-bond donors (Lipinski definition) is 1. The van der Waals surface area contributed by atoms with Gasteiger partial charge in [0.15, 0.2) is 0 Å². The minimum Gasteiger partial charge on any atom is -0.399 e. The van der Waals surface area contributed by atoms with Crippen LogP contribution in [0.4, 0.5) is 5.69 Å². The third kappa shape index (κ3) is 3.54. The molecule has 1 aromatic heterocycles. The summed E-state index contributed by atoms with van der Waals surface area (Å²) in [5.74, 6) is 0. The van der Waals surface area contributed by atoms with Gasteiger partial charge in [0.05, 0.1) is 18.9 Å². The van der Waals surface area contributed by atoms with Crippen molar-refractivity contribution in [3.63, 3.8) is 0 Å². The van der Waals surface area contributed by atoms with Gasteiger partial charge in [-0.3, -0.25) is 4.98 Å². The van der Waals surface area contributed by atoms with Crippen molar-refractivity contribution in [3.05, 3.63) is 58.3 Å². The van der Waals surface area contributed by atoms with Crippen LogP contribution in [-0.2, 0) is 18.0 Å². The second kappa shape index (κ2) is 5.80. The van der Waals surface area contributed by atoms with Gasteiger partial charge in [-0.2, -0.15) is 0 Å². The van der Waals surface area contributed by atoms with Crippen molar-refractivity contribution in [2.45, 2.75) is 13.2 Å². The first-order chi connectivity index (χ1) is 8.25. The average molecular weight is 293 g/mol. The molecule has 0 bridgehead atoms. The van der Waals surface area contributed by atoms with Gasteiger partial charge >= 0.3 is 0 Å². The van der Waals surface area contributed by atoms with Crippen molar-refractivity contribution in [1.29, 1.82) is 0 Å². The first kappa shape index (κ1) is 12.1. The number of aromatic nitrogens is 1. The number of nitrogens with zero attached hydrogens (tertiary/aromatic N) is 1. The lowest BCUT2D eigenvalue weighted by molar-refractivity contribution is 0.104. The van der Waals surface area contributed by atoms with E-state index in [1.807, 2.05) is 30.3 Å². The summed E-state index contributed by atoms with van der Waals surface area (Å²) in [6.07, 6.45) is 1.69. The standard InChI is InChI=1S/C13H13BrN2O/c14-13-4-2-1-3-10(13)8-17-9-12-7-11(15)5-6-16-12/h1-7H,8-9H2,(H2,15,16). The third-order valence-corrected chi connectivity index (χ3v) is 3.08. The van der Waals surface area contributed by atoms with Crippen LogP contribution in [0.3, 0.4) is 0 Å². The number of ether oxygens (including phenoxy) is 1. The first-order valence-electron chi connectivity index (χ1n) is 5.27. The Hall–Kier alpha value is -1.39. The zero-order chi connectivity index (χ0) is 12.1. The van der Waals surface area contributed by atoms with Crippen molar-refractivity contribution in [3.8, 4) is 0 Å². The molecule has 3 nitrogen and oxygen atoms in total. The fourth-order valence-electron chi connectivity index (χ4n) is 1.46. The maximum Gasteiger partial charge on any atom is 0.0893 e. The minimum absolute atomic E-state index is 0.465. The maximum atomic E-state index is 5.66. The fraction of sp³-hybridized carbons (Fsp3) is 0.154. The lowest BCUT2D eigenvalue weighted by Crippen LogP contribution is -1.98. The topological polar surface area (TPSA) is 48.1 Å². The molecule has 0 atom stereocenters. The van der Waals surface area contributed by atoms with E-state index in [9.17, 15) is 0 Å². The van der Waals surface area contributed by atoms with Gasteiger partial charge in [0.1, 0.15) is 0 Å². The third-order valence-electron chi connectivity index (χ3n) is 2.31. The van der Waals surface area contributed by atoms with E-state index in [0.29, 0.717) is 18.9 Å². The average Bonchev–Trinajstić information content (AvgIpc) is 2.32. The molecule has 0 aliphatic rings.